The Morgan fingerprint density at radius 1 is 1.47 bits per heavy atom. The van der Waals surface area contributed by atoms with Crippen LogP contribution in [0.4, 0.5) is 0 Å². The number of aldehydes is 1. The van der Waals surface area contributed by atoms with Crippen LogP contribution in [0, 0.1) is 0 Å². The molecule has 3 heteroatoms. The average molecular weight is 222 g/mol. The van der Waals surface area contributed by atoms with Crippen LogP contribution in [0.2, 0.25) is 0 Å². The van der Waals surface area contributed by atoms with Crippen LogP contribution in [0.25, 0.3) is 0 Å². The van der Waals surface area contributed by atoms with Gasteiger partial charge in [-0.15, -0.1) is 11.8 Å². The second kappa shape index (κ2) is 4.81. The summed E-state index contributed by atoms with van der Waals surface area (Å²) in [4.78, 5) is 11.9. The number of thioether (sulfide) groups is 1. The van der Waals surface area contributed by atoms with Crippen molar-refractivity contribution in [3.63, 3.8) is 0 Å². The lowest BCUT2D eigenvalue weighted by molar-refractivity contribution is 0.112. The number of rotatable bonds is 3. The van der Waals surface area contributed by atoms with Crippen LogP contribution in [0.1, 0.15) is 23.7 Å². The molecule has 1 heterocycles. The van der Waals surface area contributed by atoms with E-state index in [4.69, 9.17) is 4.74 Å². The summed E-state index contributed by atoms with van der Waals surface area (Å²) in [6, 6.07) is 7.72. The van der Waals surface area contributed by atoms with Crippen LogP contribution in [-0.4, -0.2) is 24.2 Å². The zero-order chi connectivity index (χ0) is 10.7. The van der Waals surface area contributed by atoms with Gasteiger partial charge in [0, 0.05) is 22.3 Å². The van der Waals surface area contributed by atoms with Crippen LogP contribution < -0.4 is 0 Å². The van der Waals surface area contributed by atoms with Crippen LogP contribution in [0.5, 0.6) is 0 Å². The minimum Gasteiger partial charge on any atom is -0.377 e. The number of ether oxygens (including phenoxy) is 1. The van der Waals surface area contributed by atoms with Gasteiger partial charge in [-0.1, -0.05) is 18.2 Å². The smallest absolute Gasteiger partial charge is 0.151 e. The summed E-state index contributed by atoms with van der Waals surface area (Å²) in [5.74, 6) is 0. The molecule has 0 amide bonds. The fourth-order valence-corrected chi connectivity index (χ4v) is 2.93. The van der Waals surface area contributed by atoms with Crippen LogP contribution >= 0.6 is 11.8 Å². The van der Waals surface area contributed by atoms with E-state index in [1.54, 1.807) is 11.8 Å². The lowest BCUT2D eigenvalue weighted by atomic mass is 10.2. The molecule has 2 atom stereocenters. The van der Waals surface area contributed by atoms with Crippen molar-refractivity contribution in [2.75, 3.05) is 6.61 Å². The molecule has 0 N–H and O–H groups in total. The molecule has 1 saturated heterocycles. The van der Waals surface area contributed by atoms with E-state index in [-0.39, 0.29) is 6.10 Å². The van der Waals surface area contributed by atoms with Gasteiger partial charge in [0.2, 0.25) is 0 Å². The zero-order valence-electron chi connectivity index (χ0n) is 8.68. The summed E-state index contributed by atoms with van der Waals surface area (Å²) in [6.07, 6.45) is 2.27. The summed E-state index contributed by atoms with van der Waals surface area (Å²) in [7, 11) is 0. The third-order valence-electron chi connectivity index (χ3n) is 2.63. The third-order valence-corrected chi connectivity index (χ3v) is 4.18. The molecule has 2 unspecified atom stereocenters. The van der Waals surface area contributed by atoms with E-state index in [2.05, 4.69) is 6.92 Å². The molecular formula is C12H14O2S. The maximum Gasteiger partial charge on any atom is 0.151 e. The van der Waals surface area contributed by atoms with E-state index in [1.807, 2.05) is 24.3 Å². The van der Waals surface area contributed by atoms with E-state index in [9.17, 15) is 4.79 Å². The van der Waals surface area contributed by atoms with Gasteiger partial charge in [-0.3, -0.25) is 4.79 Å². The molecule has 0 aromatic heterocycles. The maximum absolute atomic E-state index is 10.8. The number of carbonyl (C=O) groups is 1. The van der Waals surface area contributed by atoms with Gasteiger partial charge in [-0.25, -0.2) is 0 Å². The first-order valence-electron chi connectivity index (χ1n) is 5.13. The molecule has 0 radical (unpaired) electrons. The predicted molar refractivity (Wildman–Crippen MR) is 61.5 cm³/mol. The van der Waals surface area contributed by atoms with Crippen molar-refractivity contribution >= 4 is 18.0 Å². The predicted octanol–water partition coefficient (Wildman–Crippen LogP) is 2.77. The Hall–Kier alpha value is -0.800. The van der Waals surface area contributed by atoms with Gasteiger partial charge in [-0.2, -0.15) is 0 Å². The summed E-state index contributed by atoms with van der Waals surface area (Å²) in [5.41, 5.74) is 0.779. The van der Waals surface area contributed by atoms with Crippen LogP contribution in [0.3, 0.4) is 0 Å². The second-order valence-corrected chi connectivity index (χ2v) is 4.96. The van der Waals surface area contributed by atoms with Crippen LogP contribution in [-0.2, 0) is 4.74 Å². The van der Waals surface area contributed by atoms with Gasteiger partial charge < -0.3 is 4.74 Å². The quantitative estimate of drug-likeness (QED) is 0.736. The van der Waals surface area contributed by atoms with Crippen LogP contribution in [0.15, 0.2) is 29.2 Å². The standard InChI is InChI=1S/C12H14O2S/c1-9-11(6-7-14-9)15-12-5-3-2-4-10(12)8-13/h2-5,8-9,11H,6-7H2,1H3. The first-order chi connectivity index (χ1) is 7.31. The van der Waals surface area contributed by atoms with Crippen molar-refractivity contribution in [3.05, 3.63) is 29.8 Å². The van der Waals surface area contributed by atoms with Crippen molar-refractivity contribution in [1.29, 1.82) is 0 Å². The van der Waals surface area contributed by atoms with Crippen molar-refractivity contribution < 1.29 is 9.53 Å². The topological polar surface area (TPSA) is 26.3 Å². The Bertz CT molecular complexity index is 351. The Kier molecular flexibility index (Phi) is 3.44. The van der Waals surface area contributed by atoms with E-state index < -0.39 is 0 Å². The molecule has 15 heavy (non-hydrogen) atoms. The van der Waals surface area contributed by atoms with E-state index >= 15 is 0 Å². The van der Waals surface area contributed by atoms with Crippen molar-refractivity contribution in [2.24, 2.45) is 0 Å². The fourth-order valence-electron chi connectivity index (χ4n) is 1.72. The summed E-state index contributed by atoms with van der Waals surface area (Å²) in [5, 5.41) is 0.478. The summed E-state index contributed by atoms with van der Waals surface area (Å²) in [6.45, 7) is 2.93. The minimum absolute atomic E-state index is 0.287. The van der Waals surface area contributed by atoms with E-state index in [0.29, 0.717) is 5.25 Å². The molecule has 1 aliphatic heterocycles. The maximum atomic E-state index is 10.8. The molecule has 1 aliphatic rings. The Labute approximate surface area is 94.0 Å². The zero-order valence-corrected chi connectivity index (χ0v) is 9.50. The van der Waals surface area contributed by atoms with Gasteiger partial charge in [-0.05, 0) is 19.4 Å². The van der Waals surface area contributed by atoms with Gasteiger partial charge in [0.1, 0.15) is 0 Å². The van der Waals surface area contributed by atoms with E-state index in [1.165, 1.54) is 0 Å². The Morgan fingerprint density at radius 3 is 2.93 bits per heavy atom. The molecule has 1 fully saturated rings. The molecule has 1 aromatic rings. The third kappa shape index (κ3) is 2.41. The number of hydrogen-bond donors (Lipinski definition) is 0. The lowest BCUT2D eigenvalue weighted by Crippen LogP contribution is -2.13. The molecule has 2 nitrogen and oxygen atoms in total. The first kappa shape index (κ1) is 10.7. The number of benzene rings is 1. The molecular weight excluding hydrogens is 208 g/mol. The Balaban J connectivity index is 2.12. The largest absolute Gasteiger partial charge is 0.377 e. The average Bonchev–Trinajstić information content (AvgIpc) is 2.65. The highest BCUT2D eigenvalue weighted by atomic mass is 32.2. The monoisotopic (exact) mass is 222 g/mol. The fraction of sp³-hybridized carbons (Fsp3) is 0.417. The molecule has 0 aliphatic carbocycles. The number of carbonyl (C=O) groups excluding carboxylic acids is 1. The van der Waals surface area contributed by atoms with Gasteiger partial charge in [0.05, 0.1) is 6.10 Å². The van der Waals surface area contributed by atoms with Gasteiger partial charge in [0.15, 0.2) is 6.29 Å². The SMILES string of the molecule is CC1OCCC1Sc1ccccc1C=O. The molecule has 0 bridgehead atoms. The van der Waals surface area contributed by atoms with Gasteiger partial charge >= 0.3 is 0 Å². The highest BCUT2D eigenvalue weighted by Gasteiger charge is 2.25. The molecule has 2 rings (SSSR count). The molecule has 0 spiro atoms. The second-order valence-electron chi connectivity index (χ2n) is 3.68. The van der Waals surface area contributed by atoms with Gasteiger partial charge in [0.25, 0.3) is 0 Å². The molecule has 80 valence electrons. The van der Waals surface area contributed by atoms with Crippen molar-refractivity contribution in [2.45, 2.75) is 29.6 Å². The van der Waals surface area contributed by atoms with Crippen molar-refractivity contribution in [3.8, 4) is 0 Å². The van der Waals surface area contributed by atoms with Crippen molar-refractivity contribution in [1.82, 2.24) is 0 Å². The first-order valence-corrected chi connectivity index (χ1v) is 6.01. The Morgan fingerprint density at radius 2 is 2.27 bits per heavy atom. The molecule has 1 aromatic carbocycles. The summed E-state index contributed by atoms with van der Waals surface area (Å²) < 4.78 is 5.50. The summed E-state index contributed by atoms with van der Waals surface area (Å²) >= 11 is 1.75. The van der Waals surface area contributed by atoms with E-state index in [0.717, 1.165) is 29.8 Å². The number of hydrogen-bond acceptors (Lipinski definition) is 3. The highest BCUT2D eigenvalue weighted by molar-refractivity contribution is 8.00. The minimum atomic E-state index is 0.287. The normalized spacial score (nSPS) is 25.4. The molecule has 0 saturated carbocycles. The lowest BCUT2D eigenvalue weighted by Gasteiger charge is -2.14. The highest BCUT2D eigenvalue weighted by Crippen LogP contribution is 2.33.